The molecular weight excluding hydrogens is 297 g/mol. The van der Waals surface area contributed by atoms with Crippen molar-refractivity contribution in [3.8, 4) is 0 Å². The first-order valence-electron chi connectivity index (χ1n) is 6.28. The van der Waals surface area contributed by atoms with Crippen molar-refractivity contribution in [1.29, 1.82) is 0 Å². The number of aryl methyl sites for hydroxylation is 1. The summed E-state index contributed by atoms with van der Waals surface area (Å²) in [5, 5.41) is 7.00. The molecule has 18 heavy (non-hydrogen) atoms. The average Bonchev–Trinajstić information content (AvgIpc) is 2.35. The minimum Gasteiger partial charge on any atom is -0.400 e. The summed E-state index contributed by atoms with van der Waals surface area (Å²) in [6.45, 7) is 14.5. The van der Waals surface area contributed by atoms with Gasteiger partial charge in [-0.2, -0.15) is 49.2 Å². The van der Waals surface area contributed by atoms with E-state index in [0.717, 1.165) is 7.11 Å². The molecule has 0 atom stereocenters. The van der Waals surface area contributed by atoms with Crippen LogP contribution in [-0.2, 0) is 32.7 Å². The van der Waals surface area contributed by atoms with Crippen LogP contribution in [0.1, 0.15) is 58.6 Å². The molecule has 0 spiro atoms. The van der Waals surface area contributed by atoms with E-state index in [1.165, 1.54) is 11.1 Å². The van der Waals surface area contributed by atoms with Gasteiger partial charge in [-0.1, -0.05) is 40.5 Å². The Morgan fingerprint density at radius 3 is 1.72 bits per heavy atom. The number of benzene rings is 1. The number of hydrogen-bond acceptors (Lipinski definition) is 1. The van der Waals surface area contributed by atoms with Crippen LogP contribution in [0, 0.1) is 19.4 Å². The molecule has 0 saturated heterocycles. The van der Waals surface area contributed by atoms with E-state index in [0.29, 0.717) is 5.92 Å². The van der Waals surface area contributed by atoms with Crippen LogP contribution >= 0.6 is 0 Å². The fourth-order valence-electron chi connectivity index (χ4n) is 0.949. The zero-order valence-corrected chi connectivity index (χ0v) is 16.2. The molecule has 1 nitrogen and oxygen atoms in total. The number of aliphatic hydroxyl groups is 1. The first-order chi connectivity index (χ1) is 8.11. The maximum absolute atomic E-state index is 7.00. The van der Waals surface area contributed by atoms with E-state index in [9.17, 15) is 0 Å². The van der Waals surface area contributed by atoms with Gasteiger partial charge in [0, 0.05) is 39.8 Å². The Balaban J connectivity index is -0.000000106. The van der Waals surface area contributed by atoms with Crippen molar-refractivity contribution in [2.24, 2.45) is 0 Å². The predicted octanol–water partition coefficient (Wildman–Crippen LogP) is 4.78. The van der Waals surface area contributed by atoms with Crippen LogP contribution in [0.2, 0.25) is 0 Å². The molecule has 1 N–H and O–H groups in total. The van der Waals surface area contributed by atoms with Gasteiger partial charge in [0.25, 0.3) is 0 Å². The summed E-state index contributed by atoms with van der Waals surface area (Å²) in [4.78, 5) is 0. The molecule has 0 aliphatic heterocycles. The molecule has 0 aromatic heterocycles. The zero-order valence-electron chi connectivity index (χ0n) is 13.4. The van der Waals surface area contributed by atoms with E-state index in [4.69, 9.17) is 5.11 Å². The Hall–Kier alpha value is 0.284. The molecule has 0 aliphatic carbocycles. The third-order valence-electron chi connectivity index (χ3n) is 1.62. The molecule has 0 amide bonds. The molecule has 0 aliphatic rings. The van der Waals surface area contributed by atoms with Gasteiger partial charge in [-0.05, 0) is 0 Å². The SMILES string of the molecule is CC.CO.C[CH-]C.Cc1c[c-]cc(C(C)C)c1.[Y]. The minimum absolute atomic E-state index is 0. The van der Waals surface area contributed by atoms with E-state index < -0.39 is 0 Å². The van der Waals surface area contributed by atoms with E-state index in [2.05, 4.69) is 39.0 Å². The minimum atomic E-state index is 0. The first kappa shape index (κ1) is 26.8. The van der Waals surface area contributed by atoms with Crippen molar-refractivity contribution in [2.45, 2.75) is 54.4 Å². The first-order valence-corrected chi connectivity index (χ1v) is 6.28. The summed E-state index contributed by atoms with van der Waals surface area (Å²) in [6.07, 6.45) is 2.00. The van der Waals surface area contributed by atoms with Gasteiger partial charge in [0.2, 0.25) is 0 Å². The summed E-state index contributed by atoms with van der Waals surface area (Å²) >= 11 is 0. The fourth-order valence-corrected chi connectivity index (χ4v) is 0.949. The molecule has 0 saturated carbocycles. The van der Waals surface area contributed by atoms with Crippen molar-refractivity contribution in [2.75, 3.05) is 7.11 Å². The van der Waals surface area contributed by atoms with E-state index >= 15 is 0 Å². The van der Waals surface area contributed by atoms with Gasteiger partial charge in [-0.25, -0.2) is 0 Å². The summed E-state index contributed by atoms with van der Waals surface area (Å²) in [5.74, 6) is 0.621. The topological polar surface area (TPSA) is 20.2 Å². The van der Waals surface area contributed by atoms with Gasteiger partial charge in [0.15, 0.2) is 0 Å². The molecule has 2 heteroatoms. The molecule has 0 bridgehead atoms. The van der Waals surface area contributed by atoms with Gasteiger partial charge >= 0.3 is 0 Å². The van der Waals surface area contributed by atoms with Crippen LogP contribution in [0.5, 0.6) is 0 Å². The van der Waals surface area contributed by atoms with Gasteiger partial charge < -0.3 is 11.5 Å². The second kappa shape index (κ2) is 22.5. The van der Waals surface area contributed by atoms with Crippen molar-refractivity contribution in [1.82, 2.24) is 0 Å². The maximum atomic E-state index is 7.00. The van der Waals surface area contributed by atoms with Crippen molar-refractivity contribution in [3.63, 3.8) is 0 Å². The number of aliphatic hydroxyl groups excluding tert-OH is 1. The van der Waals surface area contributed by atoms with Crippen LogP contribution in [0.25, 0.3) is 0 Å². The number of hydrogen-bond donors (Lipinski definition) is 1. The maximum Gasteiger partial charge on any atom is 0.0319 e. The summed E-state index contributed by atoms with van der Waals surface area (Å²) in [7, 11) is 1.00. The summed E-state index contributed by atoms with van der Waals surface area (Å²) in [5.41, 5.74) is 2.67. The molecule has 1 radical (unpaired) electrons. The molecular formula is C16H30OY-2. The number of rotatable bonds is 1. The molecule has 1 rings (SSSR count). The largest absolute Gasteiger partial charge is 0.400 e. The van der Waals surface area contributed by atoms with E-state index in [-0.39, 0.29) is 32.7 Å². The quantitative estimate of drug-likeness (QED) is 0.736. The zero-order chi connectivity index (χ0) is 14.3. The predicted molar refractivity (Wildman–Crippen MR) is 79.2 cm³/mol. The Morgan fingerprint density at radius 2 is 1.50 bits per heavy atom. The van der Waals surface area contributed by atoms with Crippen molar-refractivity contribution >= 4 is 0 Å². The van der Waals surface area contributed by atoms with Crippen LogP contribution in [-0.4, -0.2) is 12.2 Å². The Labute approximate surface area is 140 Å². The molecule has 105 valence electrons. The molecule has 0 unspecified atom stereocenters. The van der Waals surface area contributed by atoms with Crippen LogP contribution in [0.15, 0.2) is 18.2 Å². The smallest absolute Gasteiger partial charge is 0.0319 e. The molecule has 0 heterocycles. The fraction of sp³-hybridized carbons (Fsp3) is 0.562. The molecule has 1 aromatic rings. The second-order valence-corrected chi connectivity index (χ2v) is 3.58. The molecule has 0 fully saturated rings. The summed E-state index contributed by atoms with van der Waals surface area (Å²) in [6, 6.07) is 9.38. The van der Waals surface area contributed by atoms with Crippen molar-refractivity contribution < 1.29 is 37.8 Å². The monoisotopic (exact) mass is 327 g/mol. The van der Waals surface area contributed by atoms with Gasteiger partial charge in [-0.15, -0.1) is 0 Å². The standard InChI is InChI=1S/C10H13.C3H7.C2H6.CH4O.Y/c1-8(2)10-6-4-5-9(3)7-10;1-3-2;2*1-2;/h5-8H,1-3H3;3H,1-2H3;1-2H3;2H,1H3;/q2*-1;;;. The second-order valence-electron chi connectivity index (χ2n) is 3.58. The normalized spacial score (nSPS) is 7.44. The third-order valence-corrected chi connectivity index (χ3v) is 1.62. The van der Waals surface area contributed by atoms with Crippen molar-refractivity contribution in [3.05, 3.63) is 41.8 Å². The van der Waals surface area contributed by atoms with Crippen LogP contribution in [0.3, 0.4) is 0 Å². The van der Waals surface area contributed by atoms with Crippen LogP contribution in [0.4, 0.5) is 0 Å². The van der Waals surface area contributed by atoms with E-state index in [1.807, 2.05) is 40.2 Å². The molecule has 1 aromatic carbocycles. The van der Waals surface area contributed by atoms with Gasteiger partial charge in [0.1, 0.15) is 0 Å². The Morgan fingerprint density at radius 1 is 1.11 bits per heavy atom. The Kier molecular flexibility index (Phi) is 33.4. The van der Waals surface area contributed by atoms with Crippen LogP contribution < -0.4 is 0 Å². The third kappa shape index (κ3) is 18.6. The van der Waals surface area contributed by atoms with Gasteiger partial charge in [0.05, 0.1) is 0 Å². The average molecular weight is 327 g/mol. The Bertz CT molecular complexity index is 234. The van der Waals surface area contributed by atoms with E-state index in [1.54, 1.807) is 0 Å². The van der Waals surface area contributed by atoms with Gasteiger partial charge in [-0.3, -0.25) is 0 Å². The summed E-state index contributed by atoms with van der Waals surface area (Å²) < 4.78 is 0.